The molecular weight excluding hydrogens is 246 g/mol. The zero-order valence-electron chi connectivity index (χ0n) is 12.0. The molecule has 1 aliphatic heterocycles. The van der Waals surface area contributed by atoms with E-state index in [9.17, 15) is 14.4 Å². The van der Waals surface area contributed by atoms with Gasteiger partial charge in [0.1, 0.15) is 5.57 Å². The van der Waals surface area contributed by atoms with E-state index < -0.39 is 17.8 Å². The molecule has 0 radical (unpaired) electrons. The summed E-state index contributed by atoms with van der Waals surface area (Å²) in [4.78, 5) is 40.3. The number of hydrogen-bond acceptors (Lipinski definition) is 4. The predicted octanol–water partition coefficient (Wildman–Crippen LogP) is 1.04. The molecule has 0 bridgehead atoms. The maximum atomic E-state index is 12.2. The third kappa shape index (κ3) is 2.77. The number of amides is 4. The van der Waals surface area contributed by atoms with Crippen LogP contribution in [0.4, 0.5) is 4.79 Å². The first kappa shape index (κ1) is 15.2. The molecule has 6 heteroatoms. The van der Waals surface area contributed by atoms with Gasteiger partial charge in [0.05, 0.1) is 0 Å². The molecule has 19 heavy (non-hydrogen) atoms. The predicted molar refractivity (Wildman–Crippen MR) is 71.2 cm³/mol. The molecule has 0 N–H and O–H groups in total. The second kappa shape index (κ2) is 6.36. The van der Waals surface area contributed by atoms with Crippen molar-refractivity contribution in [2.24, 2.45) is 0 Å². The Morgan fingerprint density at radius 3 is 1.63 bits per heavy atom. The second-order valence-corrected chi connectivity index (χ2v) is 4.15. The van der Waals surface area contributed by atoms with Crippen molar-refractivity contribution in [1.29, 1.82) is 0 Å². The van der Waals surface area contributed by atoms with Crippen molar-refractivity contribution in [2.75, 3.05) is 26.2 Å². The van der Waals surface area contributed by atoms with Gasteiger partial charge in [-0.2, -0.15) is 0 Å². The van der Waals surface area contributed by atoms with Crippen LogP contribution in [0.15, 0.2) is 11.8 Å². The van der Waals surface area contributed by atoms with Gasteiger partial charge in [0.25, 0.3) is 11.8 Å². The Hall–Kier alpha value is -1.85. The number of rotatable bonds is 5. The SMILES string of the molecule is CCN(C=C1C(=O)N(CC)C(=O)N(CC)C1=O)CC. The normalized spacial score (nSPS) is 16.2. The molecular formula is C13H21N3O3. The zero-order valence-corrected chi connectivity index (χ0v) is 12.0. The molecule has 4 amide bonds. The van der Waals surface area contributed by atoms with Crippen molar-refractivity contribution < 1.29 is 14.4 Å². The Balaban J connectivity index is 3.18. The van der Waals surface area contributed by atoms with E-state index in [0.29, 0.717) is 13.1 Å². The van der Waals surface area contributed by atoms with Crippen LogP contribution >= 0.6 is 0 Å². The van der Waals surface area contributed by atoms with E-state index in [0.717, 1.165) is 9.80 Å². The van der Waals surface area contributed by atoms with E-state index in [1.807, 2.05) is 18.7 Å². The summed E-state index contributed by atoms with van der Waals surface area (Å²) in [5.41, 5.74) is 0.0620. The minimum absolute atomic E-state index is 0.0620. The van der Waals surface area contributed by atoms with Gasteiger partial charge in [0.2, 0.25) is 0 Å². The summed E-state index contributed by atoms with van der Waals surface area (Å²) in [6.45, 7) is 9.24. The number of carbonyl (C=O) groups is 3. The topological polar surface area (TPSA) is 60.9 Å². The molecule has 1 heterocycles. The van der Waals surface area contributed by atoms with Crippen molar-refractivity contribution in [2.45, 2.75) is 27.7 Å². The van der Waals surface area contributed by atoms with E-state index in [-0.39, 0.29) is 18.7 Å². The van der Waals surface area contributed by atoms with Crippen LogP contribution in [0.2, 0.25) is 0 Å². The fraction of sp³-hybridized carbons (Fsp3) is 0.615. The Bertz CT molecular complexity index is 385. The van der Waals surface area contributed by atoms with Crippen molar-refractivity contribution in [1.82, 2.24) is 14.7 Å². The molecule has 0 unspecified atom stereocenters. The van der Waals surface area contributed by atoms with E-state index in [2.05, 4.69) is 0 Å². The lowest BCUT2D eigenvalue weighted by molar-refractivity contribution is -0.135. The molecule has 0 aromatic heterocycles. The first-order chi connectivity index (χ1) is 9.01. The van der Waals surface area contributed by atoms with Crippen LogP contribution in [0, 0.1) is 0 Å². The average molecular weight is 267 g/mol. The molecule has 0 atom stereocenters. The molecule has 1 rings (SSSR count). The highest BCUT2D eigenvalue weighted by atomic mass is 16.2. The van der Waals surface area contributed by atoms with Crippen LogP contribution in [0.1, 0.15) is 27.7 Å². The van der Waals surface area contributed by atoms with Gasteiger partial charge < -0.3 is 4.90 Å². The highest BCUT2D eigenvalue weighted by Crippen LogP contribution is 2.17. The number of carbonyl (C=O) groups excluding carboxylic acids is 3. The van der Waals surface area contributed by atoms with E-state index in [4.69, 9.17) is 0 Å². The van der Waals surface area contributed by atoms with Gasteiger partial charge in [-0.25, -0.2) is 4.79 Å². The van der Waals surface area contributed by atoms with E-state index >= 15 is 0 Å². The monoisotopic (exact) mass is 267 g/mol. The van der Waals surface area contributed by atoms with Crippen molar-refractivity contribution in [3.8, 4) is 0 Å². The highest BCUT2D eigenvalue weighted by Gasteiger charge is 2.40. The van der Waals surface area contributed by atoms with Crippen LogP contribution in [-0.2, 0) is 9.59 Å². The van der Waals surface area contributed by atoms with Gasteiger partial charge >= 0.3 is 6.03 Å². The van der Waals surface area contributed by atoms with E-state index in [1.165, 1.54) is 0 Å². The minimum Gasteiger partial charge on any atom is -0.377 e. The van der Waals surface area contributed by atoms with Gasteiger partial charge in [-0.15, -0.1) is 0 Å². The average Bonchev–Trinajstić information content (AvgIpc) is 2.40. The molecule has 0 aliphatic carbocycles. The molecule has 1 aliphatic rings. The number of likely N-dealkylation sites (N-methyl/N-ethyl adjacent to an activating group) is 2. The fourth-order valence-electron chi connectivity index (χ4n) is 1.96. The van der Waals surface area contributed by atoms with Crippen molar-refractivity contribution in [3.63, 3.8) is 0 Å². The van der Waals surface area contributed by atoms with E-state index in [1.54, 1.807) is 20.0 Å². The standard InChI is InChI=1S/C13H21N3O3/c1-5-14(6-2)9-10-11(17)15(7-3)13(19)16(8-4)12(10)18/h9H,5-8H2,1-4H3. The van der Waals surface area contributed by atoms with Crippen LogP contribution in [0.25, 0.3) is 0 Å². The quantitative estimate of drug-likeness (QED) is 0.551. The maximum Gasteiger partial charge on any atom is 0.333 e. The molecule has 0 spiro atoms. The number of hydrogen-bond donors (Lipinski definition) is 0. The van der Waals surface area contributed by atoms with Crippen LogP contribution in [0.3, 0.4) is 0 Å². The number of imide groups is 2. The maximum absolute atomic E-state index is 12.2. The smallest absolute Gasteiger partial charge is 0.333 e. The summed E-state index contributed by atoms with van der Waals surface area (Å²) in [5, 5.41) is 0. The zero-order chi connectivity index (χ0) is 14.6. The summed E-state index contributed by atoms with van der Waals surface area (Å²) in [6.07, 6.45) is 1.56. The van der Waals surface area contributed by atoms with Crippen LogP contribution in [0.5, 0.6) is 0 Å². The Labute approximate surface area is 113 Å². The highest BCUT2D eigenvalue weighted by molar-refractivity contribution is 6.28. The minimum atomic E-state index is -0.531. The number of urea groups is 1. The summed E-state index contributed by atoms with van der Waals surface area (Å²) in [5.74, 6) is -1.01. The first-order valence-corrected chi connectivity index (χ1v) is 6.65. The van der Waals surface area contributed by atoms with Crippen molar-refractivity contribution in [3.05, 3.63) is 11.8 Å². The van der Waals surface area contributed by atoms with Gasteiger partial charge in [0.15, 0.2) is 0 Å². The fourth-order valence-corrected chi connectivity index (χ4v) is 1.96. The Morgan fingerprint density at radius 2 is 1.32 bits per heavy atom. The Kier molecular flexibility index (Phi) is 5.09. The summed E-state index contributed by atoms with van der Waals surface area (Å²) < 4.78 is 0. The molecule has 0 saturated carbocycles. The lowest BCUT2D eigenvalue weighted by Crippen LogP contribution is -2.56. The molecule has 0 aromatic carbocycles. The molecule has 6 nitrogen and oxygen atoms in total. The second-order valence-electron chi connectivity index (χ2n) is 4.15. The summed E-state index contributed by atoms with van der Waals surface area (Å²) in [7, 11) is 0. The lowest BCUT2D eigenvalue weighted by atomic mass is 10.1. The molecule has 0 aromatic rings. The van der Waals surface area contributed by atoms with Crippen LogP contribution in [-0.4, -0.2) is 58.7 Å². The lowest BCUT2D eigenvalue weighted by Gasteiger charge is -2.33. The third-order valence-electron chi connectivity index (χ3n) is 3.17. The van der Waals surface area contributed by atoms with Crippen molar-refractivity contribution >= 4 is 17.8 Å². The number of barbiturate groups is 1. The molecule has 1 saturated heterocycles. The van der Waals surface area contributed by atoms with Gasteiger partial charge in [-0.1, -0.05) is 0 Å². The van der Waals surface area contributed by atoms with Gasteiger partial charge in [0, 0.05) is 32.4 Å². The molecule has 106 valence electrons. The number of nitrogens with zero attached hydrogens (tertiary/aromatic N) is 3. The molecule has 1 fully saturated rings. The van der Waals surface area contributed by atoms with Gasteiger partial charge in [-0.05, 0) is 27.7 Å². The third-order valence-corrected chi connectivity index (χ3v) is 3.17. The van der Waals surface area contributed by atoms with Crippen LogP contribution < -0.4 is 0 Å². The summed E-state index contributed by atoms with van der Waals surface area (Å²) >= 11 is 0. The summed E-state index contributed by atoms with van der Waals surface area (Å²) in [6, 6.07) is -0.531. The first-order valence-electron chi connectivity index (χ1n) is 6.65. The van der Waals surface area contributed by atoms with Gasteiger partial charge in [-0.3, -0.25) is 19.4 Å². The largest absolute Gasteiger partial charge is 0.377 e. The Morgan fingerprint density at radius 1 is 0.895 bits per heavy atom.